The van der Waals surface area contributed by atoms with Crippen LogP contribution in [0.15, 0.2) is 66.7 Å². The Labute approximate surface area is 124 Å². The molecule has 0 spiro atoms. The van der Waals surface area contributed by atoms with Crippen LogP contribution < -0.4 is 0 Å². The molecule has 0 bridgehead atoms. The topological polar surface area (TPSA) is 23.8 Å². The Hall–Kier alpha value is -2.85. The fourth-order valence-corrected chi connectivity index (χ4v) is 2.44. The molecule has 0 saturated carbocycles. The molecule has 3 rings (SSSR count). The van der Waals surface area contributed by atoms with Crippen LogP contribution in [0.1, 0.15) is 16.7 Å². The van der Waals surface area contributed by atoms with Gasteiger partial charge in [-0.2, -0.15) is 5.26 Å². The van der Waals surface area contributed by atoms with E-state index in [1.165, 1.54) is 10.9 Å². The van der Waals surface area contributed by atoms with E-state index in [0.29, 0.717) is 5.57 Å². The summed E-state index contributed by atoms with van der Waals surface area (Å²) in [6, 6.07) is 24.8. The smallest absolute Gasteiger partial charge is 0.0998 e. The third-order valence-corrected chi connectivity index (χ3v) is 3.67. The lowest BCUT2D eigenvalue weighted by Gasteiger charge is -2.04. The SMILES string of the molecule is Cc1ccccc1/C=C(/C#N)c1ccc2ccccc2c1. The van der Waals surface area contributed by atoms with Crippen LogP contribution in [0.3, 0.4) is 0 Å². The van der Waals surface area contributed by atoms with Crippen LogP contribution in [-0.2, 0) is 0 Å². The summed E-state index contributed by atoms with van der Waals surface area (Å²) in [5.41, 5.74) is 3.91. The first-order valence-electron chi connectivity index (χ1n) is 6.94. The predicted octanol–water partition coefficient (Wildman–Crippen LogP) is 5.21. The van der Waals surface area contributed by atoms with Crippen LogP contribution in [0, 0.1) is 18.3 Å². The van der Waals surface area contributed by atoms with E-state index < -0.39 is 0 Å². The van der Waals surface area contributed by atoms with Crippen molar-refractivity contribution in [2.24, 2.45) is 0 Å². The van der Waals surface area contributed by atoms with E-state index in [1.54, 1.807) is 0 Å². The standard InChI is InChI=1S/C20H15N/c1-15-6-2-3-8-17(15)12-20(14-21)19-11-10-16-7-4-5-9-18(16)13-19/h2-13H,1H3/b20-12-. The molecule has 0 saturated heterocycles. The average molecular weight is 269 g/mol. The van der Waals surface area contributed by atoms with E-state index in [-0.39, 0.29) is 0 Å². The molecule has 0 unspecified atom stereocenters. The van der Waals surface area contributed by atoms with Crippen LogP contribution in [0.4, 0.5) is 0 Å². The molecule has 3 aromatic rings. The molecule has 0 aliphatic heterocycles. The minimum Gasteiger partial charge on any atom is -0.192 e. The molecule has 0 amide bonds. The third-order valence-electron chi connectivity index (χ3n) is 3.67. The first kappa shape index (κ1) is 13.1. The lowest BCUT2D eigenvalue weighted by molar-refractivity contribution is 1.44. The zero-order valence-corrected chi connectivity index (χ0v) is 11.9. The second-order valence-corrected chi connectivity index (χ2v) is 5.09. The predicted molar refractivity (Wildman–Crippen MR) is 88.6 cm³/mol. The van der Waals surface area contributed by atoms with E-state index >= 15 is 0 Å². The van der Waals surface area contributed by atoms with Crippen LogP contribution in [0.2, 0.25) is 0 Å². The van der Waals surface area contributed by atoms with Crippen molar-refractivity contribution in [1.29, 1.82) is 5.26 Å². The van der Waals surface area contributed by atoms with Gasteiger partial charge in [0.1, 0.15) is 0 Å². The van der Waals surface area contributed by atoms with Crippen molar-refractivity contribution in [3.63, 3.8) is 0 Å². The molecule has 1 nitrogen and oxygen atoms in total. The highest BCUT2D eigenvalue weighted by molar-refractivity contribution is 5.94. The number of rotatable bonds is 2. The quantitative estimate of drug-likeness (QED) is 0.462. The summed E-state index contributed by atoms with van der Waals surface area (Å²) in [7, 11) is 0. The Morgan fingerprint density at radius 3 is 2.38 bits per heavy atom. The molecule has 0 aromatic heterocycles. The summed E-state index contributed by atoms with van der Waals surface area (Å²) in [6.07, 6.45) is 1.96. The molecular formula is C20H15N. The number of aryl methyl sites for hydroxylation is 1. The fraction of sp³-hybridized carbons (Fsp3) is 0.0500. The number of benzene rings is 3. The van der Waals surface area contributed by atoms with Crippen molar-refractivity contribution in [2.75, 3.05) is 0 Å². The van der Waals surface area contributed by atoms with Crippen molar-refractivity contribution in [1.82, 2.24) is 0 Å². The minimum atomic E-state index is 0.690. The molecule has 3 aromatic carbocycles. The number of hydrogen-bond acceptors (Lipinski definition) is 1. The summed E-state index contributed by atoms with van der Waals surface area (Å²) < 4.78 is 0. The summed E-state index contributed by atoms with van der Waals surface area (Å²) in [5.74, 6) is 0. The zero-order chi connectivity index (χ0) is 14.7. The van der Waals surface area contributed by atoms with Gasteiger partial charge < -0.3 is 0 Å². The van der Waals surface area contributed by atoms with Crippen LogP contribution in [0.5, 0.6) is 0 Å². The Kier molecular flexibility index (Phi) is 3.53. The van der Waals surface area contributed by atoms with Gasteiger partial charge in [0, 0.05) is 0 Å². The molecule has 1 heteroatoms. The van der Waals surface area contributed by atoms with Gasteiger partial charge in [-0.15, -0.1) is 0 Å². The molecule has 0 fully saturated rings. The largest absolute Gasteiger partial charge is 0.192 e. The van der Waals surface area contributed by atoms with E-state index in [1.807, 2.05) is 42.5 Å². The molecule has 0 radical (unpaired) electrons. The van der Waals surface area contributed by atoms with Crippen molar-refractivity contribution >= 4 is 22.4 Å². The van der Waals surface area contributed by atoms with E-state index in [0.717, 1.165) is 16.5 Å². The number of nitriles is 1. The highest BCUT2D eigenvalue weighted by Crippen LogP contribution is 2.23. The van der Waals surface area contributed by atoms with Gasteiger partial charge in [-0.1, -0.05) is 60.7 Å². The molecule has 0 heterocycles. The maximum Gasteiger partial charge on any atom is 0.0998 e. The van der Waals surface area contributed by atoms with Crippen LogP contribution in [-0.4, -0.2) is 0 Å². The second-order valence-electron chi connectivity index (χ2n) is 5.09. The Morgan fingerprint density at radius 2 is 1.62 bits per heavy atom. The average Bonchev–Trinajstić information content (AvgIpc) is 2.54. The Balaban J connectivity index is 2.10. The maximum atomic E-state index is 9.49. The summed E-state index contributed by atoms with van der Waals surface area (Å²) in [5, 5.41) is 11.8. The van der Waals surface area contributed by atoms with Gasteiger partial charge in [-0.25, -0.2) is 0 Å². The normalized spacial score (nSPS) is 11.3. The molecule has 0 aliphatic carbocycles. The molecular weight excluding hydrogens is 254 g/mol. The Morgan fingerprint density at radius 1 is 0.905 bits per heavy atom. The molecule has 100 valence electrons. The molecule has 0 atom stereocenters. The molecule has 0 N–H and O–H groups in total. The second kappa shape index (κ2) is 5.64. The first-order valence-corrected chi connectivity index (χ1v) is 6.94. The molecule has 21 heavy (non-hydrogen) atoms. The summed E-state index contributed by atoms with van der Waals surface area (Å²) >= 11 is 0. The number of nitrogens with zero attached hydrogens (tertiary/aromatic N) is 1. The third kappa shape index (κ3) is 2.70. The number of allylic oxidation sites excluding steroid dienone is 1. The highest BCUT2D eigenvalue weighted by atomic mass is 14.2. The van der Waals surface area contributed by atoms with Crippen molar-refractivity contribution in [3.05, 3.63) is 83.4 Å². The van der Waals surface area contributed by atoms with Gasteiger partial charge in [0.15, 0.2) is 0 Å². The van der Waals surface area contributed by atoms with Gasteiger partial charge in [-0.05, 0) is 46.5 Å². The summed E-state index contributed by atoms with van der Waals surface area (Å²) in [4.78, 5) is 0. The monoisotopic (exact) mass is 269 g/mol. The van der Waals surface area contributed by atoms with Gasteiger partial charge in [0.05, 0.1) is 11.6 Å². The van der Waals surface area contributed by atoms with E-state index in [2.05, 4.69) is 43.3 Å². The van der Waals surface area contributed by atoms with E-state index in [4.69, 9.17) is 0 Å². The van der Waals surface area contributed by atoms with Gasteiger partial charge in [0.2, 0.25) is 0 Å². The fourth-order valence-electron chi connectivity index (χ4n) is 2.44. The lowest BCUT2D eigenvalue weighted by Crippen LogP contribution is -1.85. The van der Waals surface area contributed by atoms with Gasteiger partial charge >= 0.3 is 0 Å². The Bertz CT molecular complexity index is 866. The first-order chi connectivity index (χ1) is 10.3. The zero-order valence-electron chi connectivity index (χ0n) is 11.9. The van der Waals surface area contributed by atoms with Crippen molar-refractivity contribution in [3.8, 4) is 6.07 Å². The van der Waals surface area contributed by atoms with Crippen LogP contribution >= 0.6 is 0 Å². The van der Waals surface area contributed by atoms with Crippen molar-refractivity contribution in [2.45, 2.75) is 6.92 Å². The number of hydrogen-bond donors (Lipinski definition) is 0. The van der Waals surface area contributed by atoms with Crippen LogP contribution in [0.25, 0.3) is 22.4 Å². The molecule has 0 aliphatic rings. The van der Waals surface area contributed by atoms with Crippen molar-refractivity contribution < 1.29 is 0 Å². The lowest BCUT2D eigenvalue weighted by atomic mass is 9.99. The minimum absolute atomic E-state index is 0.690. The van der Waals surface area contributed by atoms with Gasteiger partial charge in [0.25, 0.3) is 0 Å². The highest BCUT2D eigenvalue weighted by Gasteiger charge is 2.03. The number of fused-ring (bicyclic) bond motifs is 1. The van der Waals surface area contributed by atoms with Gasteiger partial charge in [-0.3, -0.25) is 0 Å². The maximum absolute atomic E-state index is 9.49. The summed E-state index contributed by atoms with van der Waals surface area (Å²) in [6.45, 7) is 2.06. The van der Waals surface area contributed by atoms with E-state index in [9.17, 15) is 5.26 Å².